The third kappa shape index (κ3) is 12.6. The van der Waals surface area contributed by atoms with Gasteiger partial charge in [-0.3, -0.25) is 0 Å². The normalized spacial score (nSPS) is 24.2. The van der Waals surface area contributed by atoms with Crippen molar-refractivity contribution in [2.24, 2.45) is 10.8 Å². The van der Waals surface area contributed by atoms with Crippen molar-refractivity contribution < 1.29 is 54.8 Å². The van der Waals surface area contributed by atoms with Gasteiger partial charge in [0.2, 0.25) is 0 Å². The molecule has 2 N–H and O–H groups in total. The highest BCUT2D eigenvalue weighted by Crippen LogP contribution is 2.50. The molecule has 0 fully saturated rings. The molecule has 2 aliphatic heterocycles. The van der Waals surface area contributed by atoms with Gasteiger partial charge in [-0.05, 0) is 109 Å². The van der Waals surface area contributed by atoms with Crippen LogP contribution in [0.25, 0.3) is 0 Å². The Morgan fingerprint density at radius 1 is 0.576 bits per heavy atom. The number of benzene rings is 4. The molecule has 66 heavy (non-hydrogen) atoms. The van der Waals surface area contributed by atoms with Gasteiger partial charge in [-0.1, -0.05) is 91.5 Å². The fourth-order valence-electron chi connectivity index (χ4n) is 9.53. The third-order valence-electron chi connectivity index (χ3n) is 13.1. The minimum absolute atomic E-state index is 0.139. The summed E-state index contributed by atoms with van der Waals surface area (Å²) in [6.45, 7) is 13.5. The molecule has 6 atom stereocenters. The quantitative estimate of drug-likeness (QED) is 0.0774. The predicted octanol–water partition coefficient (Wildman–Crippen LogP) is 10.2. The summed E-state index contributed by atoms with van der Waals surface area (Å²) in [4.78, 5) is 0.288. The standard InChI is InChI=1S/C50H64F2O10S2.C2H6/c1-5-8-23-49(4)33-63(55,56)43-21-19-39(31-41(43)45(47(49)53)35-11-15-37(51)16-12-35)61-29-27-59-25-10-26-60-28-30-62-40-20-22-44-42(32-40)46(36-13-17-38(52)18-14-36)48(54)50(7-3,24-9-6-2)34-64(44,57)58;1-2/h11-22,31-32,45-48,53-54H,5-10,23-30,33-34H2,1-4H3;1-2H3/t45-,46-,47+,48-,49-,50-;/m1./s1. The van der Waals surface area contributed by atoms with E-state index in [1.54, 1.807) is 54.6 Å². The number of aliphatic hydroxyl groups excluding tert-OH is 2. The summed E-state index contributed by atoms with van der Waals surface area (Å²) >= 11 is 0. The van der Waals surface area contributed by atoms with Crippen LogP contribution >= 0.6 is 0 Å². The van der Waals surface area contributed by atoms with Crippen LogP contribution in [0.5, 0.6) is 11.5 Å². The second-order valence-electron chi connectivity index (χ2n) is 17.7. The van der Waals surface area contributed by atoms with Gasteiger partial charge in [0.15, 0.2) is 19.7 Å². The Labute approximate surface area is 391 Å². The Bertz CT molecular complexity index is 2380. The molecule has 0 spiro atoms. The molecule has 6 rings (SSSR count). The lowest BCUT2D eigenvalue weighted by molar-refractivity contribution is 0.0173. The number of rotatable bonds is 21. The summed E-state index contributed by atoms with van der Waals surface area (Å²) < 4.78 is 107. The second kappa shape index (κ2) is 23.9. The van der Waals surface area contributed by atoms with Crippen LogP contribution in [0.1, 0.15) is 127 Å². The van der Waals surface area contributed by atoms with Crippen molar-refractivity contribution >= 4 is 19.7 Å². The first-order valence-corrected chi connectivity index (χ1v) is 26.9. The summed E-state index contributed by atoms with van der Waals surface area (Å²) in [6.07, 6.45) is 3.28. The van der Waals surface area contributed by atoms with E-state index >= 15 is 0 Å². The molecular formula is C52H70F2O10S2. The van der Waals surface area contributed by atoms with E-state index in [9.17, 15) is 35.8 Å². The molecule has 364 valence electrons. The van der Waals surface area contributed by atoms with Crippen LogP contribution < -0.4 is 9.47 Å². The maximum Gasteiger partial charge on any atom is 0.179 e. The zero-order chi connectivity index (χ0) is 48.1. The van der Waals surface area contributed by atoms with Crippen LogP contribution in [0.4, 0.5) is 8.78 Å². The highest BCUT2D eigenvalue weighted by Gasteiger charge is 2.50. The first kappa shape index (κ1) is 53.0. The van der Waals surface area contributed by atoms with Gasteiger partial charge in [-0.25, -0.2) is 25.6 Å². The van der Waals surface area contributed by atoms with Gasteiger partial charge in [0.1, 0.15) is 36.3 Å². The number of fused-ring (bicyclic) bond motifs is 2. The lowest BCUT2D eigenvalue weighted by Gasteiger charge is -2.39. The molecule has 0 radical (unpaired) electrons. The maximum atomic E-state index is 14.0. The topological polar surface area (TPSA) is 146 Å². The monoisotopic (exact) mass is 956 g/mol. The van der Waals surface area contributed by atoms with Crippen molar-refractivity contribution in [2.45, 2.75) is 127 Å². The van der Waals surface area contributed by atoms with Crippen molar-refractivity contribution in [3.8, 4) is 11.5 Å². The van der Waals surface area contributed by atoms with Crippen molar-refractivity contribution in [2.75, 3.05) is 51.1 Å². The summed E-state index contributed by atoms with van der Waals surface area (Å²) in [6, 6.07) is 21.4. The molecule has 0 amide bonds. The van der Waals surface area contributed by atoms with Crippen LogP contribution in [0.3, 0.4) is 0 Å². The summed E-state index contributed by atoms with van der Waals surface area (Å²) in [5.41, 5.74) is 0.290. The smallest absolute Gasteiger partial charge is 0.179 e. The predicted molar refractivity (Wildman–Crippen MR) is 254 cm³/mol. The molecule has 4 aromatic rings. The van der Waals surface area contributed by atoms with Crippen molar-refractivity contribution in [3.05, 3.63) is 119 Å². The SMILES string of the molecule is CC.CCCC[C@]1(C)CS(=O)(=O)c2ccc(OCCOCCCOCCOc3ccc4c(c3)[C@@H](c3ccc(F)cc3)[C@@H](O)[C@](CC)(CCCC)CS4(=O)=O)cc2[C@@H](c2ccc(F)cc2)[C@@H]1O. The van der Waals surface area contributed by atoms with Gasteiger partial charge in [0, 0.05) is 35.9 Å². The van der Waals surface area contributed by atoms with Crippen LogP contribution in [0, 0.1) is 22.5 Å². The van der Waals surface area contributed by atoms with E-state index in [1.807, 2.05) is 41.5 Å². The lowest BCUT2D eigenvalue weighted by atomic mass is 9.69. The van der Waals surface area contributed by atoms with Gasteiger partial charge >= 0.3 is 0 Å². The Kier molecular flexibility index (Phi) is 19.2. The van der Waals surface area contributed by atoms with Crippen LogP contribution in [-0.4, -0.2) is 90.4 Å². The average molecular weight is 957 g/mol. The lowest BCUT2D eigenvalue weighted by Crippen LogP contribution is -2.42. The van der Waals surface area contributed by atoms with E-state index in [0.717, 1.165) is 25.7 Å². The minimum Gasteiger partial charge on any atom is -0.491 e. The van der Waals surface area contributed by atoms with Crippen molar-refractivity contribution in [3.63, 3.8) is 0 Å². The largest absolute Gasteiger partial charge is 0.491 e. The summed E-state index contributed by atoms with van der Waals surface area (Å²) in [5, 5.41) is 24.0. The van der Waals surface area contributed by atoms with E-state index in [1.165, 1.54) is 30.3 Å². The van der Waals surface area contributed by atoms with E-state index in [0.29, 0.717) is 72.6 Å². The zero-order valence-corrected chi connectivity index (χ0v) is 41.1. The third-order valence-corrected chi connectivity index (χ3v) is 17.2. The molecule has 4 aromatic carbocycles. The molecule has 10 nitrogen and oxygen atoms in total. The molecule has 0 saturated heterocycles. The Hall–Kier alpha value is -3.92. The van der Waals surface area contributed by atoms with E-state index in [-0.39, 0.29) is 47.7 Å². The molecule has 14 heteroatoms. The Morgan fingerprint density at radius 3 is 1.47 bits per heavy atom. The van der Waals surface area contributed by atoms with Gasteiger partial charge in [-0.2, -0.15) is 0 Å². The minimum atomic E-state index is -3.79. The van der Waals surface area contributed by atoms with Crippen molar-refractivity contribution in [1.29, 1.82) is 0 Å². The van der Waals surface area contributed by atoms with E-state index in [4.69, 9.17) is 18.9 Å². The first-order valence-electron chi connectivity index (χ1n) is 23.6. The van der Waals surface area contributed by atoms with Gasteiger partial charge < -0.3 is 29.2 Å². The number of halogens is 2. The highest BCUT2D eigenvalue weighted by molar-refractivity contribution is 7.91. The molecule has 0 aromatic heterocycles. The first-order chi connectivity index (χ1) is 31.6. The molecule has 2 aliphatic rings. The summed E-state index contributed by atoms with van der Waals surface area (Å²) in [7, 11) is -7.56. The van der Waals surface area contributed by atoms with E-state index in [2.05, 4.69) is 0 Å². The fourth-order valence-corrected chi connectivity index (χ4v) is 13.9. The second-order valence-corrected chi connectivity index (χ2v) is 21.6. The van der Waals surface area contributed by atoms with Crippen LogP contribution in [0.2, 0.25) is 0 Å². The number of sulfone groups is 2. The molecule has 0 saturated carbocycles. The highest BCUT2D eigenvalue weighted by atomic mass is 32.2. The van der Waals surface area contributed by atoms with E-state index < -0.39 is 66.2 Å². The molecule has 0 aliphatic carbocycles. The van der Waals surface area contributed by atoms with Gasteiger partial charge in [0.05, 0.1) is 46.7 Å². The molecule has 2 heterocycles. The molecule has 0 bridgehead atoms. The number of hydrogen-bond acceptors (Lipinski definition) is 10. The average Bonchev–Trinajstić information content (AvgIpc) is 3.41. The van der Waals surface area contributed by atoms with Crippen molar-refractivity contribution in [1.82, 2.24) is 0 Å². The van der Waals surface area contributed by atoms with Crippen LogP contribution in [0.15, 0.2) is 94.7 Å². The Morgan fingerprint density at radius 2 is 1.02 bits per heavy atom. The zero-order valence-electron chi connectivity index (χ0n) is 39.4. The number of ether oxygens (including phenoxy) is 4. The van der Waals surface area contributed by atoms with Gasteiger partial charge in [0.25, 0.3) is 0 Å². The van der Waals surface area contributed by atoms with Crippen LogP contribution in [-0.2, 0) is 29.1 Å². The molecular weight excluding hydrogens is 887 g/mol. The fraction of sp³-hybridized carbons (Fsp3) is 0.538. The number of hydrogen-bond donors (Lipinski definition) is 2. The maximum absolute atomic E-state index is 14.0. The Balaban J connectivity index is 0.00000403. The molecule has 0 unspecified atom stereocenters. The number of aliphatic hydroxyl groups is 2. The summed E-state index contributed by atoms with van der Waals surface area (Å²) in [5.74, 6) is -1.79. The van der Waals surface area contributed by atoms with Gasteiger partial charge in [-0.15, -0.1) is 0 Å². The number of unbranched alkanes of at least 4 members (excludes halogenated alkanes) is 2.